The second kappa shape index (κ2) is 9.57. The van der Waals surface area contributed by atoms with Gasteiger partial charge < -0.3 is 20.3 Å². The molecule has 37 heavy (non-hydrogen) atoms. The van der Waals surface area contributed by atoms with E-state index < -0.39 is 29.6 Å². The molecule has 5 atom stereocenters. The number of nitrogens with zero attached hydrogens (tertiary/aromatic N) is 1. The molecule has 1 aromatic heterocycles. The summed E-state index contributed by atoms with van der Waals surface area (Å²) in [5.41, 5.74) is 0.311. The summed E-state index contributed by atoms with van der Waals surface area (Å²) in [5.74, 6) is -2.23. The predicted molar refractivity (Wildman–Crippen MR) is 142 cm³/mol. The largest absolute Gasteiger partial charge is 0.359 e. The average molecular weight is 540 g/mol. The number of carbonyl (C=O) groups excluding carboxylic acids is 3. The standard InChI is InChI=1S/C28H30ClN3O4S/c1-16-9-10-18(14-20(16)29)31-25(33)22-21-11-12-28(36-21)23(22)27(35)32(15-19-8-5-13-37-19)24(28)26(34)30-17-6-3-2-4-7-17/h5,8-14,17,21-24H,2-4,6-7,15H2,1H3,(H,30,34)(H,31,33)/t21-,22-,23-,24-,28-/m1/s1. The summed E-state index contributed by atoms with van der Waals surface area (Å²) in [5, 5.41) is 8.66. The number of aryl methyl sites for hydroxylation is 1. The molecule has 0 radical (unpaired) electrons. The average Bonchev–Trinajstić information content (AvgIpc) is 3.65. The molecule has 1 aromatic carbocycles. The Morgan fingerprint density at radius 1 is 1.19 bits per heavy atom. The highest BCUT2D eigenvalue weighted by atomic mass is 35.5. The van der Waals surface area contributed by atoms with Crippen molar-refractivity contribution in [2.45, 2.75) is 69.4 Å². The molecule has 1 aliphatic carbocycles. The molecule has 9 heteroatoms. The zero-order chi connectivity index (χ0) is 25.7. The van der Waals surface area contributed by atoms with E-state index in [1.165, 1.54) is 6.42 Å². The zero-order valence-corrected chi connectivity index (χ0v) is 22.2. The van der Waals surface area contributed by atoms with Crippen molar-refractivity contribution in [1.82, 2.24) is 10.2 Å². The summed E-state index contributed by atoms with van der Waals surface area (Å²) in [6.45, 7) is 2.20. The van der Waals surface area contributed by atoms with Crippen molar-refractivity contribution >= 4 is 46.3 Å². The van der Waals surface area contributed by atoms with Gasteiger partial charge in [0.15, 0.2) is 0 Å². The van der Waals surface area contributed by atoms with Gasteiger partial charge in [-0.2, -0.15) is 0 Å². The van der Waals surface area contributed by atoms with Crippen molar-refractivity contribution in [1.29, 1.82) is 0 Å². The maximum Gasteiger partial charge on any atom is 0.246 e. The molecule has 3 amide bonds. The summed E-state index contributed by atoms with van der Waals surface area (Å²) in [6.07, 6.45) is 8.37. The number of hydrogen-bond donors (Lipinski definition) is 2. The van der Waals surface area contributed by atoms with Crippen molar-refractivity contribution in [3.63, 3.8) is 0 Å². The van der Waals surface area contributed by atoms with Gasteiger partial charge in [-0.3, -0.25) is 14.4 Å². The lowest BCUT2D eigenvalue weighted by Gasteiger charge is -2.34. The number of rotatable bonds is 6. The molecule has 0 unspecified atom stereocenters. The van der Waals surface area contributed by atoms with Gasteiger partial charge >= 0.3 is 0 Å². The molecular formula is C28H30ClN3O4S. The van der Waals surface area contributed by atoms with Crippen LogP contribution in [0.2, 0.25) is 5.02 Å². The van der Waals surface area contributed by atoms with Crippen LogP contribution in [0.3, 0.4) is 0 Å². The van der Waals surface area contributed by atoms with Crippen LogP contribution in [0.25, 0.3) is 0 Å². The number of ether oxygens (including phenoxy) is 1. The monoisotopic (exact) mass is 539 g/mol. The maximum atomic E-state index is 14.0. The minimum Gasteiger partial charge on any atom is -0.359 e. The number of fused-ring (bicyclic) bond motifs is 1. The number of hydrogen-bond acceptors (Lipinski definition) is 5. The third-order valence-electron chi connectivity index (χ3n) is 8.22. The first kappa shape index (κ1) is 24.6. The lowest BCUT2D eigenvalue weighted by atomic mass is 9.74. The SMILES string of the molecule is Cc1ccc(NC(=O)[C@@H]2[C@H]3C=C[C@@]4(O3)[C@H]2C(=O)N(Cc2cccs2)[C@@H]4C(=O)NC2CCCCC2)cc1Cl. The molecule has 1 saturated carbocycles. The highest BCUT2D eigenvalue weighted by Gasteiger charge is 2.72. The number of carbonyl (C=O) groups is 3. The quantitative estimate of drug-likeness (QED) is 0.531. The van der Waals surface area contributed by atoms with Crippen molar-refractivity contribution in [2.75, 3.05) is 5.32 Å². The minimum absolute atomic E-state index is 0.100. The first-order chi connectivity index (χ1) is 17.9. The van der Waals surface area contributed by atoms with E-state index in [9.17, 15) is 14.4 Å². The van der Waals surface area contributed by atoms with Crippen molar-refractivity contribution in [3.8, 4) is 0 Å². The molecule has 1 spiro atoms. The van der Waals surface area contributed by atoms with Gasteiger partial charge in [-0.15, -0.1) is 11.3 Å². The Kier molecular flexibility index (Phi) is 6.37. The Morgan fingerprint density at radius 2 is 2.00 bits per heavy atom. The predicted octanol–water partition coefficient (Wildman–Crippen LogP) is 4.45. The second-order valence-corrected chi connectivity index (χ2v) is 12.0. The second-order valence-electron chi connectivity index (χ2n) is 10.5. The van der Waals surface area contributed by atoms with Crippen LogP contribution < -0.4 is 10.6 Å². The number of halogens is 1. The van der Waals surface area contributed by atoms with Gasteiger partial charge in [0.1, 0.15) is 11.6 Å². The number of anilines is 1. The fourth-order valence-corrected chi connectivity index (χ4v) is 7.31. The van der Waals surface area contributed by atoms with Gasteiger partial charge in [-0.1, -0.05) is 55.1 Å². The van der Waals surface area contributed by atoms with E-state index in [0.29, 0.717) is 17.3 Å². The number of amides is 3. The molecule has 3 aliphatic heterocycles. The zero-order valence-electron chi connectivity index (χ0n) is 20.6. The van der Waals surface area contributed by atoms with E-state index >= 15 is 0 Å². The van der Waals surface area contributed by atoms with Gasteiger partial charge in [0.2, 0.25) is 17.7 Å². The number of benzene rings is 1. The minimum atomic E-state index is -1.16. The molecule has 4 aliphatic rings. The lowest BCUT2D eigenvalue weighted by molar-refractivity contribution is -0.142. The van der Waals surface area contributed by atoms with E-state index in [4.69, 9.17) is 16.3 Å². The van der Waals surface area contributed by atoms with Crippen LogP contribution in [-0.4, -0.2) is 46.4 Å². The van der Waals surface area contributed by atoms with Crippen LogP contribution >= 0.6 is 22.9 Å². The van der Waals surface area contributed by atoms with Crippen LogP contribution in [0.5, 0.6) is 0 Å². The molecule has 194 valence electrons. The fourth-order valence-electron chi connectivity index (χ4n) is 6.43. The Morgan fingerprint density at radius 3 is 2.73 bits per heavy atom. The molecular weight excluding hydrogens is 510 g/mol. The van der Waals surface area contributed by atoms with Gasteiger partial charge in [0.25, 0.3) is 0 Å². The molecule has 3 fully saturated rings. The van der Waals surface area contributed by atoms with Gasteiger partial charge in [-0.25, -0.2) is 0 Å². The highest BCUT2D eigenvalue weighted by molar-refractivity contribution is 7.09. The molecule has 2 saturated heterocycles. The highest BCUT2D eigenvalue weighted by Crippen LogP contribution is 2.55. The molecule has 2 N–H and O–H groups in total. The van der Waals surface area contributed by atoms with E-state index in [0.717, 1.165) is 36.1 Å². The Bertz CT molecular complexity index is 1260. The molecule has 2 aromatic rings. The Balaban J connectivity index is 1.31. The van der Waals surface area contributed by atoms with Gasteiger partial charge in [-0.05, 0) is 48.9 Å². The Labute approximate surface area is 225 Å². The fraction of sp³-hybridized carbons (Fsp3) is 0.464. The van der Waals surface area contributed by atoms with E-state index in [-0.39, 0.29) is 23.8 Å². The third kappa shape index (κ3) is 4.19. The van der Waals surface area contributed by atoms with Crippen molar-refractivity contribution in [3.05, 3.63) is 63.3 Å². The van der Waals surface area contributed by atoms with Crippen molar-refractivity contribution < 1.29 is 19.1 Å². The van der Waals surface area contributed by atoms with E-state index in [1.807, 2.05) is 42.7 Å². The Hall–Kier alpha value is -2.68. The molecule has 4 heterocycles. The van der Waals surface area contributed by atoms with E-state index in [2.05, 4.69) is 10.6 Å². The number of thiophene rings is 1. The normalized spacial score (nSPS) is 30.5. The summed E-state index contributed by atoms with van der Waals surface area (Å²) in [4.78, 5) is 44.0. The molecule has 2 bridgehead atoms. The molecule has 7 nitrogen and oxygen atoms in total. The van der Waals surface area contributed by atoms with Crippen LogP contribution in [0.1, 0.15) is 42.5 Å². The lowest BCUT2D eigenvalue weighted by Crippen LogP contribution is -2.56. The van der Waals surface area contributed by atoms with Crippen LogP contribution in [0.15, 0.2) is 47.9 Å². The summed E-state index contributed by atoms with van der Waals surface area (Å²) in [6, 6.07) is 8.49. The summed E-state index contributed by atoms with van der Waals surface area (Å²) < 4.78 is 6.42. The number of likely N-dealkylation sites (tertiary alicyclic amines) is 1. The first-order valence-electron chi connectivity index (χ1n) is 12.9. The van der Waals surface area contributed by atoms with Crippen LogP contribution in [0.4, 0.5) is 5.69 Å². The summed E-state index contributed by atoms with van der Waals surface area (Å²) >= 11 is 7.80. The smallest absolute Gasteiger partial charge is 0.246 e. The van der Waals surface area contributed by atoms with Crippen molar-refractivity contribution in [2.24, 2.45) is 11.8 Å². The van der Waals surface area contributed by atoms with Crippen LogP contribution in [-0.2, 0) is 25.7 Å². The maximum absolute atomic E-state index is 14.0. The topological polar surface area (TPSA) is 87.7 Å². The first-order valence-corrected chi connectivity index (χ1v) is 14.2. The molecule has 6 rings (SSSR count). The van der Waals surface area contributed by atoms with Crippen LogP contribution in [0, 0.1) is 18.8 Å². The van der Waals surface area contributed by atoms with E-state index in [1.54, 1.807) is 28.4 Å². The third-order valence-corrected chi connectivity index (χ3v) is 9.49. The number of nitrogens with one attached hydrogen (secondary N) is 2. The van der Waals surface area contributed by atoms with Gasteiger partial charge in [0, 0.05) is 21.6 Å². The van der Waals surface area contributed by atoms with Gasteiger partial charge in [0.05, 0.1) is 24.5 Å². The summed E-state index contributed by atoms with van der Waals surface area (Å²) in [7, 11) is 0.